The van der Waals surface area contributed by atoms with Gasteiger partial charge >= 0.3 is 0 Å². The van der Waals surface area contributed by atoms with Crippen LogP contribution in [0.1, 0.15) is 32.1 Å². The van der Waals surface area contributed by atoms with Crippen LogP contribution in [0.4, 0.5) is 0 Å². The summed E-state index contributed by atoms with van der Waals surface area (Å²) < 4.78 is 11.2. The molecule has 0 spiro atoms. The number of aliphatic hydroxyl groups excluding tert-OH is 1. The first-order chi connectivity index (χ1) is 7.72. The number of nitrogens with two attached hydrogens (primary N) is 1. The summed E-state index contributed by atoms with van der Waals surface area (Å²) in [5, 5.41) is 8.99. The van der Waals surface area contributed by atoms with E-state index in [2.05, 4.69) is 0 Å². The molecule has 0 aromatic heterocycles. The van der Waals surface area contributed by atoms with E-state index >= 15 is 0 Å². The van der Waals surface area contributed by atoms with Gasteiger partial charge in [-0.05, 0) is 38.1 Å². The summed E-state index contributed by atoms with van der Waals surface area (Å²) in [6.07, 6.45) is 4.80. The average Bonchev–Trinajstić information content (AvgIpc) is 2.31. The second kappa shape index (κ2) is 6.55. The molecule has 16 heavy (non-hydrogen) atoms. The van der Waals surface area contributed by atoms with Gasteiger partial charge in [-0.2, -0.15) is 0 Å². The fraction of sp³-hybridized carbons (Fsp3) is 1.00. The standard InChI is InChI=1S/C12H25NO3/c1-15-12(16-2)6-3-10(5-8-14)9-11(12)4-7-13/h10-11,14H,3-9,13H2,1-2H3. The van der Waals surface area contributed by atoms with E-state index in [9.17, 15) is 0 Å². The zero-order valence-electron chi connectivity index (χ0n) is 10.4. The minimum Gasteiger partial charge on any atom is -0.396 e. The number of aliphatic hydroxyl groups is 1. The van der Waals surface area contributed by atoms with Crippen LogP contribution < -0.4 is 5.73 Å². The van der Waals surface area contributed by atoms with Gasteiger partial charge in [0, 0.05) is 33.2 Å². The number of hydrogen-bond acceptors (Lipinski definition) is 4. The van der Waals surface area contributed by atoms with Crippen molar-refractivity contribution in [2.75, 3.05) is 27.4 Å². The van der Waals surface area contributed by atoms with E-state index in [1.54, 1.807) is 14.2 Å². The molecule has 0 amide bonds. The number of hydrogen-bond donors (Lipinski definition) is 2. The molecular formula is C12H25NO3. The lowest BCUT2D eigenvalue weighted by Gasteiger charge is -2.44. The van der Waals surface area contributed by atoms with Crippen molar-refractivity contribution in [3.8, 4) is 0 Å². The highest BCUT2D eigenvalue weighted by Gasteiger charge is 2.43. The SMILES string of the molecule is COC1(OC)CCC(CCO)CC1CCN. The molecule has 2 atom stereocenters. The van der Waals surface area contributed by atoms with Crippen molar-refractivity contribution in [3.63, 3.8) is 0 Å². The Morgan fingerprint density at radius 2 is 2.00 bits per heavy atom. The summed E-state index contributed by atoms with van der Waals surface area (Å²) in [5.41, 5.74) is 5.65. The van der Waals surface area contributed by atoms with Crippen molar-refractivity contribution >= 4 is 0 Å². The lowest BCUT2D eigenvalue weighted by atomic mass is 9.74. The van der Waals surface area contributed by atoms with Crippen molar-refractivity contribution in [1.29, 1.82) is 0 Å². The van der Waals surface area contributed by atoms with Crippen LogP contribution in [0.3, 0.4) is 0 Å². The Hall–Kier alpha value is -0.160. The predicted molar refractivity (Wildman–Crippen MR) is 63.0 cm³/mol. The minimum absolute atomic E-state index is 0.271. The summed E-state index contributed by atoms with van der Waals surface area (Å²) in [4.78, 5) is 0. The molecule has 3 N–H and O–H groups in total. The second-order valence-electron chi connectivity index (χ2n) is 4.65. The molecule has 4 nitrogen and oxygen atoms in total. The van der Waals surface area contributed by atoms with Crippen LogP contribution in [-0.2, 0) is 9.47 Å². The molecule has 1 aliphatic rings. The number of rotatable bonds is 6. The number of methoxy groups -OCH3 is 2. The van der Waals surface area contributed by atoms with Gasteiger partial charge in [0.2, 0.25) is 0 Å². The zero-order chi connectivity index (χ0) is 12.0. The molecular weight excluding hydrogens is 206 g/mol. The topological polar surface area (TPSA) is 64.7 Å². The highest BCUT2D eigenvalue weighted by molar-refractivity contribution is 4.87. The van der Waals surface area contributed by atoms with Crippen molar-refractivity contribution in [3.05, 3.63) is 0 Å². The monoisotopic (exact) mass is 231 g/mol. The Kier molecular flexibility index (Phi) is 5.69. The molecule has 0 bridgehead atoms. The third kappa shape index (κ3) is 2.94. The molecule has 1 saturated carbocycles. The first kappa shape index (κ1) is 13.9. The molecule has 0 aromatic rings. The third-order valence-electron chi connectivity index (χ3n) is 3.88. The van der Waals surface area contributed by atoms with Crippen LogP contribution in [0.2, 0.25) is 0 Å². The first-order valence-corrected chi connectivity index (χ1v) is 6.13. The number of ether oxygens (including phenoxy) is 2. The molecule has 0 heterocycles. The predicted octanol–water partition coefficient (Wildman–Crippen LogP) is 1.12. The van der Waals surface area contributed by atoms with Gasteiger partial charge in [0.1, 0.15) is 0 Å². The Morgan fingerprint density at radius 3 is 2.50 bits per heavy atom. The van der Waals surface area contributed by atoms with Crippen molar-refractivity contribution < 1.29 is 14.6 Å². The summed E-state index contributed by atoms with van der Waals surface area (Å²) in [6.45, 7) is 0.929. The van der Waals surface area contributed by atoms with Crippen LogP contribution in [0.15, 0.2) is 0 Å². The molecule has 1 fully saturated rings. The molecule has 0 radical (unpaired) electrons. The van der Waals surface area contributed by atoms with Crippen LogP contribution in [0.5, 0.6) is 0 Å². The lowest BCUT2D eigenvalue weighted by Crippen LogP contribution is -2.47. The smallest absolute Gasteiger partial charge is 0.170 e. The average molecular weight is 231 g/mol. The van der Waals surface area contributed by atoms with E-state index in [-0.39, 0.29) is 6.61 Å². The lowest BCUT2D eigenvalue weighted by molar-refractivity contribution is -0.260. The molecule has 96 valence electrons. The molecule has 0 saturated heterocycles. The van der Waals surface area contributed by atoms with Crippen LogP contribution in [0, 0.1) is 11.8 Å². The zero-order valence-corrected chi connectivity index (χ0v) is 10.4. The minimum atomic E-state index is -0.453. The molecule has 4 heteroatoms. The van der Waals surface area contributed by atoms with Crippen molar-refractivity contribution in [2.24, 2.45) is 17.6 Å². The summed E-state index contributed by atoms with van der Waals surface area (Å²) in [6, 6.07) is 0. The van der Waals surface area contributed by atoms with Gasteiger partial charge in [0.15, 0.2) is 5.79 Å². The van der Waals surface area contributed by atoms with Gasteiger partial charge < -0.3 is 20.3 Å². The Labute approximate surface area is 98.1 Å². The van der Waals surface area contributed by atoms with E-state index in [1.807, 2.05) is 0 Å². The maximum Gasteiger partial charge on any atom is 0.170 e. The summed E-state index contributed by atoms with van der Waals surface area (Å²) in [5.74, 6) is 0.475. The maximum atomic E-state index is 8.99. The van der Waals surface area contributed by atoms with Crippen molar-refractivity contribution in [1.82, 2.24) is 0 Å². The van der Waals surface area contributed by atoms with E-state index in [0.29, 0.717) is 18.4 Å². The van der Waals surface area contributed by atoms with Crippen molar-refractivity contribution in [2.45, 2.75) is 37.9 Å². The van der Waals surface area contributed by atoms with Gasteiger partial charge in [-0.1, -0.05) is 0 Å². The van der Waals surface area contributed by atoms with Gasteiger partial charge in [-0.25, -0.2) is 0 Å². The normalized spacial score (nSPS) is 29.2. The van der Waals surface area contributed by atoms with Crippen LogP contribution >= 0.6 is 0 Å². The largest absolute Gasteiger partial charge is 0.396 e. The van der Waals surface area contributed by atoms with E-state index in [0.717, 1.165) is 32.1 Å². The van der Waals surface area contributed by atoms with E-state index in [1.165, 1.54) is 0 Å². The highest BCUT2D eigenvalue weighted by atomic mass is 16.7. The first-order valence-electron chi connectivity index (χ1n) is 6.13. The summed E-state index contributed by atoms with van der Waals surface area (Å²) in [7, 11) is 3.42. The second-order valence-corrected chi connectivity index (χ2v) is 4.65. The van der Waals surface area contributed by atoms with Gasteiger partial charge in [0.25, 0.3) is 0 Å². The van der Waals surface area contributed by atoms with Crippen LogP contribution in [0.25, 0.3) is 0 Å². The Balaban J connectivity index is 2.65. The van der Waals surface area contributed by atoms with Gasteiger partial charge in [-0.15, -0.1) is 0 Å². The molecule has 0 aromatic carbocycles. The Morgan fingerprint density at radius 1 is 1.31 bits per heavy atom. The fourth-order valence-electron chi connectivity index (χ4n) is 2.91. The maximum absolute atomic E-state index is 8.99. The molecule has 1 rings (SSSR count). The third-order valence-corrected chi connectivity index (χ3v) is 3.88. The molecule has 2 unspecified atom stereocenters. The molecule has 0 aliphatic heterocycles. The fourth-order valence-corrected chi connectivity index (χ4v) is 2.91. The highest BCUT2D eigenvalue weighted by Crippen LogP contribution is 2.42. The van der Waals surface area contributed by atoms with E-state index < -0.39 is 5.79 Å². The Bertz CT molecular complexity index is 195. The van der Waals surface area contributed by atoms with Gasteiger partial charge in [-0.3, -0.25) is 0 Å². The van der Waals surface area contributed by atoms with E-state index in [4.69, 9.17) is 20.3 Å². The summed E-state index contributed by atoms with van der Waals surface area (Å²) >= 11 is 0. The van der Waals surface area contributed by atoms with Gasteiger partial charge in [0.05, 0.1) is 0 Å². The molecule has 1 aliphatic carbocycles. The quantitative estimate of drug-likeness (QED) is 0.672. The van der Waals surface area contributed by atoms with Crippen LogP contribution in [-0.4, -0.2) is 38.3 Å².